The predicted octanol–water partition coefficient (Wildman–Crippen LogP) is -0.147. The lowest BCUT2D eigenvalue weighted by Crippen LogP contribution is -2.32. The standard InChI is InChI=1S/C6H14N2S/c7-6(4-9)5-1-2-8-3-5/h5-6,8-9H,1-4,7H2. The van der Waals surface area contributed by atoms with E-state index in [2.05, 4.69) is 17.9 Å². The Hall–Kier alpha value is 0.270. The Morgan fingerprint density at radius 1 is 1.78 bits per heavy atom. The SMILES string of the molecule is NC(CS)C1CCNC1. The smallest absolute Gasteiger partial charge is 0.0169 e. The van der Waals surface area contributed by atoms with Crippen LogP contribution in [-0.2, 0) is 0 Å². The quantitative estimate of drug-likeness (QED) is 0.474. The predicted molar refractivity (Wildman–Crippen MR) is 42.8 cm³/mol. The Morgan fingerprint density at radius 3 is 3.00 bits per heavy atom. The van der Waals surface area contributed by atoms with Crippen molar-refractivity contribution in [3.8, 4) is 0 Å². The summed E-state index contributed by atoms with van der Waals surface area (Å²) in [5.41, 5.74) is 5.76. The van der Waals surface area contributed by atoms with Gasteiger partial charge in [0.15, 0.2) is 0 Å². The normalized spacial score (nSPS) is 30.7. The van der Waals surface area contributed by atoms with E-state index in [0.717, 1.165) is 18.8 Å². The van der Waals surface area contributed by atoms with E-state index in [0.29, 0.717) is 12.0 Å². The molecule has 0 spiro atoms. The molecule has 2 unspecified atom stereocenters. The molecular weight excluding hydrogens is 132 g/mol. The summed E-state index contributed by atoms with van der Waals surface area (Å²) in [5, 5.41) is 3.27. The Balaban J connectivity index is 2.24. The fraction of sp³-hybridized carbons (Fsp3) is 1.00. The van der Waals surface area contributed by atoms with E-state index in [1.54, 1.807) is 0 Å². The van der Waals surface area contributed by atoms with Crippen molar-refractivity contribution in [1.82, 2.24) is 5.32 Å². The van der Waals surface area contributed by atoms with Crippen molar-refractivity contribution in [2.75, 3.05) is 18.8 Å². The van der Waals surface area contributed by atoms with Gasteiger partial charge < -0.3 is 11.1 Å². The van der Waals surface area contributed by atoms with E-state index < -0.39 is 0 Å². The van der Waals surface area contributed by atoms with Crippen LogP contribution in [0.1, 0.15) is 6.42 Å². The number of hydrogen-bond donors (Lipinski definition) is 3. The van der Waals surface area contributed by atoms with E-state index in [9.17, 15) is 0 Å². The van der Waals surface area contributed by atoms with E-state index >= 15 is 0 Å². The first kappa shape index (κ1) is 7.38. The number of nitrogens with one attached hydrogen (secondary N) is 1. The van der Waals surface area contributed by atoms with E-state index in [1.165, 1.54) is 6.42 Å². The Labute approximate surface area is 61.6 Å². The summed E-state index contributed by atoms with van der Waals surface area (Å²) in [6, 6.07) is 0.295. The molecule has 0 saturated carbocycles. The molecule has 1 rings (SSSR count). The maximum atomic E-state index is 5.76. The van der Waals surface area contributed by atoms with Crippen molar-refractivity contribution in [1.29, 1.82) is 0 Å². The Bertz CT molecular complexity index is 81.1. The van der Waals surface area contributed by atoms with Crippen LogP contribution in [0.5, 0.6) is 0 Å². The average molecular weight is 146 g/mol. The van der Waals surface area contributed by atoms with Crippen molar-refractivity contribution >= 4 is 12.6 Å². The van der Waals surface area contributed by atoms with Crippen LogP contribution >= 0.6 is 12.6 Å². The second-order valence-electron chi connectivity index (χ2n) is 2.60. The van der Waals surface area contributed by atoms with Crippen LogP contribution in [0.15, 0.2) is 0 Å². The van der Waals surface area contributed by atoms with Crippen LogP contribution in [0.25, 0.3) is 0 Å². The molecule has 0 radical (unpaired) electrons. The van der Waals surface area contributed by atoms with Gasteiger partial charge in [-0.2, -0.15) is 12.6 Å². The molecule has 2 atom stereocenters. The van der Waals surface area contributed by atoms with Gasteiger partial charge in [0, 0.05) is 11.8 Å². The van der Waals surface area contributed by atoms with E-state index in [-0.39, 0.29) is 0 Å². The highest BCUT2D eigenvalue weighted by atomic mass is 32.1. The molecule has 3 N–H and O–H groups in total. The minimum atomic E-state index is 0.295. The van der Waals surface area contributed by atoms with Gasteiger partial charge in [0.2, 0.25) is 0 Å². The summed E-state index contributed by atoms with van der Waals surface area (Å²) in [5.74, 6) is 1.48. The largest absolute Gasteiger partial charge is 0.327 e. The van der Waals surface area contributed by atoms with Gasteiger partial charge >= 0.3 is 0 Å². The van der Waals surface area contributed by atoms with E-state index in [1.807, 2.05) is 0 Å². The van der Waals surface area contributed by atoms with Crippen LogP contribution < -0.4 is 11.1 Å². The van der Waals surface area contributed by atoms with Crippen molar-refractivity contribution in [3.63, 3.8) is 0 Å². The fourth-order valence-electron chi connectivity index (χ4n) is 1.19. The maximum absolute atomic E-state index is 5.76. The summed E-state index contributed by atoms with van der Waals surface area (Å²) >= 11 is 4.14. The molecule has 1 aliphatic heterocycles. The minimum absolute atomic E-state index is 0.295. The van der Waals surface area contributed by atoms with Crippen LogP contribution in [0.3, 0.4) is 0 Å². The van der Waals surface area contributed by atoms with Gasteiger partial charge in [-0.05, 0) is 25.4 Å². The zero-order valence-electron chi connectivity index (χ0n) is 5.51. The monoisotopic (exact) mass is 146 g/mol. The average Bonchev–Trinajstić information content (AvgIpc) is 2.37. The summed E-state index contributed by atoms with van der Waals surface area (Å²) in [4.78, 5) is 0. The van der Waals surface area contributed by atoms with Crippen LogP contribution in [0.2, 0.25) is 0 Å². The van der Waals surface area contributed by atoms with Gasteiger partial charge in [-0.1, -0.05) is 0 Å². The lowest BCUT2D eigenvalue weighted by Gasteiger charge is -2.14. The lowest BCUT2D eigenvalue weighted by molar-refractivity contribution is 0.490. The lowest BCUT2D eigenvalue weighted by atomic mass is 10.0. The van der Waals surface area contributed by atoms with E-state index in [4.69, 9.17) is 5.73 Å². The summed E-state index contributed by atoms with van der Waals surface area (Å²) in [6.07, 6.45) is 1.22. The van der Waals surface area contributed by atoms with Crippen LogP contribution in [0, 0.1) is 5.92 Å². The molecule has 1 saturated heterocycles. The van der Waals surface area contributed by atoms with Gasteiger partial charge in [0.05, 0.1) is 0 Å². The molecule has 1 aliphatic rings. The molecule has 0 aromatic heterocycles. The summed E-state index contributed by atoms with van der Waals surface area (Å²) in [6.45, 7) is 2.22. The van der Waals surface area contributed by atoms with Gasteiger partial charge in [-0.25, -0.2) is 0 Å². The molecule has 0 bridgehead atoms. The molecule has 54 valence electrons. The highest BCUT2D eigenvalue weighted by Crippen LogP contribution is 2.11. The van der Waals surface area contributed by atoms with Gasteiger partial charge in [-0.3, -0.25) is 0 Å². The third-order valence-corrected chi connectivity index (χ3v) is 2.34. The maximum Gasteiger partial charge on any atom is 0.0169 e. The molecule has 0 aromatic rings. The second kappa shape index (κ2) is 3.44. The minimum Gasteiger partial charge on any atom is -0.327 e. The highest BCUT2D eigenvalue weighted by Gasteiger charge is 2.19. The number of rotatable bonds is 2. The van der Waals surface area contributed by atoms with Gasteiger partial charge in [-0.15, -0.1) is 0 Å². The molecule has 3 heteroatoms. The summed E-state index contributed by atoms with van der Waals surface area (Å²) < 4.78 is 0. The molecule has 1 heterocycles. The molecule has 0 aliphatic carbocycles. The third-order valence-electron chi connectivity index (χ3n) is 1.91. The molecule has 9 heavy (non-hydrogen) atoms. The van der Waals surface area contributed by atoms with Crippen molar-refractivity contribution < 1.29 is 0 Å². The first-order valence-corrected chi connectivity index (χ1v) is 4.05. The molecular formula is C6H14N2S. The van der Waals surface area contributed by atoms with Crippen molar-refractivity contribution in [3.05, 3.63) is 0 Å². The summed E-state index contributed by atoms with van der Waals surface area (Å²) in [7, 11) is 0. The Morgan fingerprint density at radius 2 is 2.56 bits per heavy atom. The van der Waals surface area contributed by atoms with Crippen molar-refractivity contribution in [2.24, 2.45) is 11.7 Å². The van der Waals surface area contributed by atoms with Gasteiger partial charge in [0.1, 0.15) is 0 Å². The number of hydrogen-bond acceptors (Lipinski definition) is 3. The molecule has 0 aromatic carbocycles. The van der Waals surface area contributed by atoms with Crippen molar-refractivity contribution in [2.45, 2.75) is 12.5 Å². The molecule has 1 fully saturated rings. The fourth-order valence-corrected chi connectivity index (χ4v) is 1.49. The van der Waals surface area contributed by atoms with Gasteiger partial charge in [0.25, 0.3) is 0 Å². The highest BCUT2D eigenvalue weighted by molar-refractivity contribution is 7.80. The second-order valence-corrected chi connectivity index (χ2v) is 2.96. The molecule has 0 amide bonds. The first-order chi connectivity index (χ1) is 4.34. The topological polar surface area (TPSA) is 38.0 Å². The zero-order chi connectivity index (χ0) is 6.69. The zero-order valence-corrected chi connectivity index (χ0v) is 6.40. The van der Waals surface area contributed by atoms with Crippen LogP contribution in [-0.4, -0.2) is 24.9 Å². The van der Waals surface area contributed by atoms with Crippen LogP contribution in [0.4, 0.5) is 0 Å². The third kappa shape index (κ3) is 1.85. The molecule has 2 nitrogen and oxygen atoms in total. The first-order valence-electron chi connectivity index (χ1n) is 3.41. The number of nitrogens with two attached hydrogens (primary N) is 1. The number of thiol groups is 1. The Kier molecular flexibility index (Phi) is 2.82.